The smallest absolute Gasteiger partial charge is 0.231 e. The molecule has 2 aromatic rings. The molecule has 138 valence electrons. The Morgan fingerprint density at radius 2 is 1.65 bits per heavy atom. The monoisotopic (exact) mass is 353 g/mol. The summed E-state index contributed by atoms with van der Waals surface area (Å²) in [4.78, 5) is 13.3. The molecule has 0 saturated heterocycles. The number of amides is 1. The zero-order valence-corrected chi connectivity index (χ0v) is 15.7. The number of hydrogen-bond acceptors (Lipinski definition) is 3. The summed E-state index contributed by atoms with van der Waals surface area (Å²) >= 11 is 0. The Morgan fingerprint density at radius 3 is 2.27 bits per heavy atom. The summed E-state index contributed by atoms with van der Waals surface area (Å²) in [5.74, 6) is 1.45. The number of hydrogen-bond donors (Lipinski definition) is 1. The predicted molar refractivity (Wildman–Crippen MR) is 103 cm³/mol. The van der Waals surface area contributed by atoms with E-state index >= 15 is 0 Å². The van der Waals surface area contributed by atoms with Crippen molar-refractivity contribution >= 4 is 5.91 Å². The Kier molecular flexibility index (Phi) is 5.50. The molecule has 1 atom stereocenters. The molecular formula is C22H27NO3. The Balaban J connectivity index is 1.89. The van der Waals surface area contributed by atoms with Crippen molar-refractivity contribution in [2.75, 3.05) is 14.2 Å². The molecule has 1 fully saturated rings. The SMILES string of the molecule is COc1ccc(C2(C(=O)N[C@@H](C)c3ccccc3)CCCC2)cc1OC. The molecule has 1 aliphatic carbocycles. The molecule has 0 spiro atoms. The standard InChI is InChI=1S/C22H27NO3/c1-16(17-9-5-4-6-10-17)23-21(24)22(13-7-8-14-22)18-11-12-19(25-2)20(15-18)26-3/h4-6,9-12,15-16H,7-8,13-14H2,1-3H3,(H,23,24)/t16-/m0/s1. The molecule has 1 aliphatic rings. The quantitative estimate of drug-likeness (QED) is 0.838. The van der Waals surface area contributed by atoms with E-state index in [2.05, 4.69) is 5.32 Å². The zero-order valence-electron chi connectivity index (χ0n) is 15.7. The van der Waals surface area contributed by atoms with Gasteiger partial charge in [-0.2, -0.15) is 0 Å². The number of ether oxygens (including phenoxy) is 2. The van der Waals surface area contributed by atoms with E-state index in [9.17, 15) is 4.79 Å². The molecule has 3 rings (SSSR count). The predicted octanol–water partition coefficient (Wildman–Crippen LogP) is 4.39. The molecule has 0 unspecified atom stereocenters. The Labute approximate surface area is 155 Å². The van der Waals surface area contributed by atoms with Crippen molar-refractivity contribution in [3.8, 4) is 11.5 Å². The maximum atomic E-state index is 13.3. The van der Waals surface area contributed by atoms with Gasteiger partial charge in [-0.3, -0.25) is 4.79 Å². The summed E-state index contributed by atoms with van der Waals surface area (Å²) in [6.07, 6.45) is 3.83. The van der Waals surface area contributed by atoms with Gasteiger partial charge in [0.2, 0.25) is 5.91 Å². The topological polar surface area (TPSA) is 47.6 Å². The van der Waals surface area contributed by atoms with Crippen molar-refractivity contribution in [1.82, 2.24) is 5.32 Å². The van der Waals surface area contributed by atoms with Crippen LogP contribution in [0.1, 0.15) is 49.8 Å². The van der Waals surface area contributed by atoms with Crippen molar-refractivity contribution in [2.24, 2.45) is 0 Å². The minimum Gasteiger partial charge on any atom is -0.493 e. The highest BCUT2D eigenvalue weighted by atomic mass is 16.5. The van der Waals surface area contributed by atoms with Crippen LogP contribution < -0.4 is 14.8 Å². The van der Waals surface area contributed by atoms with Crippen LogP contribution in [0.3, 0.4) is 0 Å². The van der Waals surface area contributed by atoms with Gasteiger partial charge in [-0.25, -0.2) is 0 Å². The number of nitrogens with one attached hydrogen (secondary N) is 1. The van der Waals surface area contributed by atoms with Crippen molar-refractivity contribution in [3.63, 3.8) is 0 Å². The van der Waals surface area contributed by atoms with E-state index in [1.807, 2.05) is 55.5 Å². The van der Waals surface area contributed by atoms with Crippen LogP contribution in [-0.2, 0) is 10.2 Å². The number of carbonyl (C=O) groups excluding carboxylic acids is 1. The van der Waals surface area contributed by atoms with Gasteiger partial charge >= 0.3 is 0 Å². The number of carbonyl (C=O) groups is 1. The van der Waals surface area contributed by atoms with Gasteiger partial charge in [0.05, 0.1) is 25.7 Å². The molecule has 1 amide bonds. The third-order valence-electron chi connectivity index (χ3n) is 5.48. The summed E-state index contributed by atoms with van der Waals surface area (Å²) in [7, 11) is 3.25. The highest BCUT2D eigenvalue weighted by molar-refractivity contribution is 5.89. The van der Waals surface area contributed by atoms with Crippen LogP contribution in [0.25, 0.3) is 0 Å². The molecule has 26 heavy (non-hydrogen) atoms. The first-order chi connectivity index (χ1) is 12.6. The third kappa shape index (κ3) is 3.41. The summed E-state index contributed by atoms with van der Waals surface area (Å²) in [6, 6.07) is 15.9. The average molecular weight is 353 g/mol. The molecule has 0 aromatic heterocycles. The molecule has 0 aliphatic heterocycles. The van der Waals surface area contributed by atoms with Gasteiger partial charge in [-0.1, -0.05) is 49.2 Å². The fraction of sp³-hybridized carbons (Fsp3) is 0.409. The van der Waals surface area contributed by atoms with E-state index in [-0.39, 0.29) is 11.9 Å². The average Bonchev–Trinajstić information content (AvgIpc) is 3.19. The molecule has 0 bridgehead atoms. The number of rotatable bonds is 6. The van der Waals surface area contributed by atoms with Crippen molar-refractivity contribution in [2.45, 2.75) is 44.1 Å². The summed E-state index contributed by atoms with van der Waals surface area (Å²) in [5.41, 5.74) is 1.62. The Hall–Kier alpha value is -2.49. The molecule has 1 N–H and O–H groups in total. The fourth-order valence-corrected chi connectivity index (χ4v) is 3.92. The van der Waals surface area contributed by atoms with Crippen molar-refractivity contribution in [1.29, 1.82) is 0 Å². The normalized spacial score (nSPS) is 16.7. The zero-order chi connectivity index (χ0) is 18.6. The second-order valence-corrected chi connectivity index (χ2v) is 6.96. The summed E-state index contributed by atoms with van der Waals surface area (Å²) in [5, 5.41) is 3.23. The third-order valence-corrected chi connectivity index (χ3v) is 5.48. The molecule has 4 heteroatoms. The first-order valence-corrected chi connectivity index (χ1v) is 9.19. The number of methoxy groups -OCH3 is 2. The molecule has 0 radical (unpaired) electrons. The minimum absolute atomic E-state index is 0.0266. The molecule has 2 aromatic carbocycles. The Morgan fingerprint density at radius 1 is 1.00 bits per heavy atom. The lowest BCUT2D eigenvalue weighted by molar-refractivity contribution is -0.127. The van der Waals surface area contributed by atoms with E-state index < -0.39 is 5.41 Å². The second kappa shape index (κ2) is 7.81. The summed E-state index contributed by atoms with van der Waals surface area (Å²) < 4.78 is 10.8. The maximum absolute atomic E-state index is 13.3. The molecule has 4 nitrogen and oxygen atoms in total. The van der Waals surface area contributed by atoms with Gasteiger partial charge in [0, 0.05) is 0 Å². The van der Waals surface area contributed by atoms with Crippen LogP contribution in [0.15, 0.2) is 48.5 Å². The van der Waals surface area contributed by atoms with E-state index in [0.717, 1.165) is 36.8 Å². The van der Waals surface area contributed by atoms with Crippen LogP contribution in [-0.4, -0.2) is 20.1 Å². The van der Waals surface area contributed by atoms with Gasteiger partial charge in [0.15, 0.2) is 11.5 Å². The van der Waals surface area contributed by atoms with E-state index in [1.54, 1.807) is 14.2 Å². The Bertz CT molecular complexity index is 751. The lowest BCUT2D eigenvalue weighted by Gasteiger charge is -2.30. The van der Waals surface area contributed by atoms with Crippen LogP contribution >= 0.6 is 0 Å². The second-order valence-electron chi connectivity index (χ2n) is 6.96. The highest BCUT2D eigenvalue weighted by Crippen LogP contribution is 2.44. The fourth-order valence-electron chi connectivity index (χ4n) is 3.92. The van der Waals surface area contributed by atoms with Crippen molar-refractivity contribution < 1.29 is 14.3 Å². The van der Waals surface area contributed by atoms with Gasteiger partial charge < -0.3 is 14.8 Å². The van der Waals surface area contributed by atoms with Crippen LogP contribution in [0, 0.1) is 0 Å². The van der Waals surface area contributed by atoms with E-state index in [1.165, 1.54) is 0 Å². The van der Waals surface area contributed by atoms with Gasteiger partial charge in [0.1, 0.15) is 0 Å². The lowest BCUT2D eigenvalue weighted by Crippen LogP contribution is -2.43. The number of benzene rings is 2. The van der Waals surface area contributed by atoms with Crippen LogP contribution in [0.4, 0.5) is 0 Å². The maximum Gasteiger partial charge on any atom is 0.231 e. The first-order valence-electron chi connectivity index (χ1n) is 9.19. The largest absolute Gasteiger partial charge is 0.493 e. The van der Waals surface area contributed by atoms with Gasteiger partial charge in [0.25, 0.3) is 0 Å². The highest BCUT2D eigenvalue weighted by Gasteiger charge is 2.43. The van der Waals surface area contributed by atoms with E-state index in [4.69, 9.17) is 9.47 Å². The minimum atomic E-state index is -0.497. The molecular weight excluding hydrogens is 326 g/mol. The molecule has 0 heterocycles. The van der Waals surface area contributed by atoms with Gasteiger partial charge in [-0.05, 0) is 43.0 Å². The first kappa shape index (κ1) is 18.3. The van der Waals surface area contributed by atoms with Crippen molar-refractivity contribution in [3.05, 3.63) is 59.7 Å². The van der Waals surface area contributed by atoms with Crippen LogP contribution in [0.5, 0.6) is 11.5 Å². The lowest BCUT2D eigenvalue weighted by atomic mass is 9.77. The van der Waals surface area contributed by atoms with Gasteiger partial charge in [-0.15, -0.1) is 0 Å². The van der Waals surface area contributed by atoms with E-state index in [0.29, 0.717) is 11.5 Å². The summed E-state index contributed by atoms with van der Waals surface area (Å²) in [6.45, 7) is 2.03. The van der Waals surface area contributed by atoms with Crippen LogP contribution in [0.2, 0.25) is 0 Å². The molecule has 1 saturated carbocycles.